The zero-order valence-corrected chi connectivity index (χ0v) is 12.4. The smallest absolute Gasteiger partial charge is 0.0624 e. The third kappa shape index (κ3) is 3.48. The summed E-state index contributed by atoms with van der Waals surface area (Å²) in [4.78, 5) is 0. The van der Waals surface area contributed by atoms with E-state index in [4.69, 9.17) is 23.2 Å². The summed E-state index contributed by atoms with van der Waals surface area (Å²) in [5.74, 6) is 0. The fourth-order valence-electron chi connectivity index (χ4n) is 1.94. The molecule has 4 heteroatoms. The molecule has 1 aromatic heterocycles. The summed E-state index contributed by atoms with van der Waals surface area (Å²) >= 11 is 14.0. The first-order valence-corrected chi connectivity index (χ1v) is 7.52. The second-order valence-electron chi connectivity index (χ2n) is 4.24. The van der Waals surface area contributed by atoms with Crippen molar-refractivity contribution < 1.29 is 0 Å². The van der Waals surface area contributed by atoms with Crippen LogP contribution in [0.15, 0.2) is 35.0 Å². The number of benzene rings is 1. The maximum atomic E-state index is 6.22. The molecule has 0 amide bonds. The van der Waals surface area contributed by atoms with Crippen molar-refractivity contribution in [2.45, 2.75) is 18.9 Å². The predicted molar refractivity (Wildman–Crippen MR) is 81.0 cm³/mol. The molecule has 0 radical (unpaired) electrons. The van der Waals surface area contributed by atoms with E-state index in [0.717, 1.165) is 18.4 Å². The Morgan fingerprint density at radius 3 is 2.72 bits per heavy atom. The molecule has 96 valence electrons. The molecule has 0 fully saturated rings. The largest absolute Gasteiger partial charge is 0.316 e. The van der Waals surface area contributed by atoms with Crippen LogP contribution in [0.1, 0.15) is 11.1 Å². The lowest BCUT2D eigenvalue weighted by Gasteiger charge is -2.16. The molecule has 0 saturated carbocycles. The Balaban J connectivity index is 2.08. The van der Waals surface area contributed by atoms with E-state index in [0.29, 0.717) is 16.1 Å². The van der Waals surface area contributed by atoms with Crippen LogP contribution >= 0.6 is 34.5 Å². The van der Waals surface area contributed by atoms with Crippen LogP contribution in [0.5, 0.6) is 0 Å². The normalized spacial score (nSPS) is 12.6. The Morgan fingerprint density at radius 2 is 2.06 bits per heavy atom. The van der Waals surface area contributed by atoms with E-state index in [2.05, 4.69) is 22.1 Å². The highest BCUT2D eigenvalue weighted by molar-refractivity contribution is 7.07. The minimum atomic E-state index is 0.371. The molecule has 18 heavy (non-hydrogen) atoms. The number of nitrogens with one attached hydrogen (secondary N) is 1. The van der Waals surface area contributed by atoms with Crippen LogP contribution < -0.4 is 5.32 Å². The molecule has 0 saturated heterocycles. The third-order valence-electron chi connectivity index (χ3n) is 2.97. The molecule has 1 aromatic carbocycles. The van der Waals surface area contributed by atoms with Gasteiger partial charge in [-0.2, -0.15) is 11.3 Å². The average molecular weight is 300 g/mol. The van der Waals surface area contributed by atoms with E-state index in [1.165, 1.54) is 5.56 Å². The van der Waals surface area contributed by atoms with Gasteiger partial charge in [-0.05, 0) is 53.9 Å². The maximum Gasteiger partial charge on any atom is 0.0624 e. The fourth-order valence-corrected chi connectivity index (χ4v) is 3.02. The summed E-state index contributed by atoms with van der Waals surface area (Å²) in [6.45, 7) is 0. The van der Waals surface area contributed by atoms with Gasteiger partial charge in [-0.1, -0.05) is 35.3 Å². The van der Waals surface area contributed by atoms with Gasteiger partial charge in [-0.25, -0.2) is 0 Å². The van der Waals surface area contributed by atoms with Crippen molar-refractivity contribution in [3.63, 3.8) is 0 Å². The molecule has 0 aliphatic heterocycles. The van der Waals surface area contributed by atoms with Crippen LogP contribution in [0.25, 0.3) is 0 Å². The minimum absolute atomic E-state index is 0.371. The van der Waals surface area contributed by atoms with Gasteiger partial charge in [-0.15, -0.1) is 0 Å². The molecule has 0 spiro atoms. The Kier molecular flexibility index (Phi) is 5.07. The van der Waals surface area contributed by atoms with Crippen LogP contribution in [0.3, 0.4) is 0 Å². The van der Waals surface area contributed by atoms with Gasteiger partial charge in [0.25, 0.3) is 0 Å². The van der Waals surface area contributed by atoms with E-state index in [1.807, 2.05) is 25.2 Å². The number of thiophene rings is 1. The number of halogens is 2. The van der Waals surface area contributed by atoms with E-state index >= 15 is 0 Å². The van der Waals surface area contributed by atoms with Gasteiger partial charge in [0.1, 0.15) is 0 Å². The lowest BCUT2D eigenvalue weighted by atomic mass is 10.0. The molecule has 2 aromatic rings. The molecule has 1 heterocycles. The van der Waals surface area contributed by atoms with E-state index in [1.54, 1.807) is 11.3 Å². The topological polar surface area (TPSA) is 12.0 Å². The van der Waals surface area contributed by atoms with Crippen molar-refractivity contribution in [1.82, 2.24) is 5.32 Å². The first-order valence-electron chi connectivity index (χ1n) is 5.82. The molecule has 1 atom stereocenters. The molecule has 1 N–H and O–H groups in total. The second kappa shape index (κ2) is 6.58. The van der Waals surface area contributed by atoms with E-state index in [-0.39, 0.29) is 0 Å². The first kappa shape index (κ1) is 13.9. The summed E-state index contributed by atoms with van der Waals surface area (Å²) in [5.41, 5.74) is 2.45. The molecule has 2 rings (SSSR count). The Hall–Kier alpha value is -0.540. The van der Waals surface area contributed by atoms with Gasteiger partial charge in [0, 0.05) is 6.04 Å². The highest BCUT2D eigenvalue weighted by Gasteiger charge is 2.12. The lowest BCUT2D eigenvalue weighted by Crippen LogP contribution is -2.29. The average Bonchev–Trinajstić information content (AvgIpc) is 2.86. The molecule has 1 unspecified atom stereocenters. The molecule has 1 nitrogen and oxygen atoms in total. The SMILES string of the molecule is CNC(Cc1ccsc1)Cc1cccc(Cl)c1Cl. The standard InChI is InChI=1S/C14H15Cl2NS/c1-17-12(7-10-5-6-18-9-10)8-11-3-2-4-13(15)14(11)16/h2-6,9,12,17H,7-8H2,1H3. The van der Waals surface area contributed by atoms with Gasteiger partial charge in [-0.3, -0.25) is 0 Å². The van der Waals surface area contributed by atoms with Gasteiger partial charge in [0.05, 0.1) is 10.0 Å². The predicted octanol–water partition coefficient (Wildman–Crippen LogP) is 4.43. The van der Waals surface area contributed by atoms with Crippen molar-refractivity contribution in [3.05, 3.63) is 56.2 Å². The summed E-state index contributed by atoms with van der Waals surface area (Å²) in [6.07, 6.45) is 1.88. The zero-order chi connectivity index (χ0) is 13.0. The summed E-state index contributed by atoms with van der Waals surface area (Å²) in [5, 5.41) is 8.92. The quantitative estimate of drug-likeness (QED) is 0.861. The van der Waals surface area contributed by atoms with Gasteiger partial charge >= 0.3 is 0 Å². The van der Waals surface area contributed by atoms with E-state index in [9.17, 15) is 0 Å². The Bertz CT molecular complexity index is 497. The van der Waals surface area contributed by atoms with Gasteiger partial charge in [0.15, 0.2) is 0 Å². The third-order valence-corrected chi connectivity index (χ3v) is 4.56. The van der Waals surface area contributed by atoms with Crippen molar-refractivity contribution in [2.24, 2.45) is 0 Å². The lowest BCUT2D eigenvalue weighted by molar-refractivity contribution is 0.557. The number of likely N-dealkylation sites (N-methyl/N-ethyl adjacent to an activating group) is 1. The fraction of sp³-hybridized carbons (Fsp3) is 0.286. The van der Waals surface area contributed by atoms with Crippen LogP contribution in [-0.4, -0.2) is 13.1 Å². The van der Waals surface area contributed by atoms with Crippen molar-refractivity contribution in [1.29, 1.82) is 0 Å². The van der Waals surface area contributed by atoms with Crippen molar-refractivity contribution >= 4 is 34.5 Å². The highest BCUT2D eigenvalue weighted by atomic mass is 35.5. The monoisotopic (exact) mass is 299 g/mol. The number of hydrogen-bond acceptors (Lipinski definition) is 2. The van der Waals surface area contributed by atoms with Gasteiger partial charge < -0.3 is 5.32 Å². The summed E-state index contributed by atoms with van der Waals surface area (Å²) < 4.78 is 0. The maximum absolute atomic E-state index is 6.22. The molecule has 0 aliphatic carbocycles. The Morgan fingerprint density at radius 1 is 1.22 bits per heavy atom. The minimum Gasteiger partial charge on any atom is -0.316 e. The summed E-state index contributed by atoms with van der Waals surface area (Å²) in [7, 11) is 1.98. The molecular formula is C14H15Cl2NS. The van der Waals surface area contributed by atoms with Crippen LogP contribution in [0, 0.1) is 0 Å². The van der Waals surface area contributed by atoms with Crippen molar-refractivity contribution in [3.8, 4) is 0 Å². The zero-order valence-electron chi connectivity index (χ0n) is 10.1. The summed E-state index contributed by atoms with van der Waals surface area (Å²) in [6, 6.07) is 8.33. The van der Waals surface area contributed by atoms with E-state index < -0.39 is 0 Å². The number of rotatable bonds is 5. The molecule has 0 aliphatic rings. The molecule has 0 bridgehead atoms. The van der Waals surface area contributed by atoms with Crippen molar-refractivity contribution in [2.75, 3.05) is 7.05 Å². The highest BCUT2D eigenvalue weighted by Crippen LogP contribution is 2.26. The first-order chi connectivity index (χ1) is 8.70. The van der Waals surface area contributed by atoms with Gasteiger partial charge in [0.2, 0.25) is 0 Å². The Labute approximate surface area is 122 Å². The second-order valence-corrected chi connectivity index (χ2v) is 5.80. The molecular weight excluding hydrogens is 285 g/mol. The van der Waals surface area contributed by atoms with Crippen LogP contribution in [-0.2, 0) is 12.8 Å². The number of hydrogen-bond donors (Lipinski definition) is 1. The van der Waals surface area contributed by atoms with Crippen LogP contribution in [0.2, 0.25) is 10.0 Å². The van der Waals surface area contributed by atoms with Crippen LogP contribution in [0.4, 0.5) is 0 Å².